The minimum absolute atomic E-state index is 0.0764. The third kappa shape index (κ3) is 2.92. The lowest BCUT2D eigenvalue weighted by Gasteiger charge is -2.07. The maximum atomic E-state index is 13.4. The fourth-order valence-electron chi connectivity index (χ4n) is 2.66. The summed E-state index contributed by atoms with van der Waals surface area (Å²) in [7, 11) is 0. The van der Waals surface area contributed by atoms with Crippen LogP contribution in [0.4, 0.5) is 4.39 Å². The number of H-pyrrole nitrogens is 2. The number of hydrogen-bond acceptors (Lipinski definition) is 3. The fourth-order valence-corrected chi connectivity index (χ4v) is 2.66. The SMILES string of the molecule is Cc1n[nH]c(=O)c(C(=O)NCCc2c[nH]c3ccc(F)cc23)c1C. The van der Waals surface area contributed by atoms with Crippen LogP contribution in [0.5, 0.6) is 0 Å². The second-order valence-corrected chi connectivity index (χ2v) is 5.65. The van der Waals surface area contributed by atoms with Crippen LogP contribution < -0.4 is 10.9 Å². The predicted molar refractivity (Wildman–Crippen MR) is 88.6 cm³/mol. The Morgan fingerprint density at radius 1 is 1.33 bits per heavy atom. The molecule has 0 aliphatic rings. The average Bonchev–Trinajstić information content (AvgIpc) is 2.94. The zero-order chi connectivity index (χ0) is 17.3. The van der Waals surface area contributed by atoms with E-state index in [0.717, 1.165) is 16.5 Å². The van der Waals surface area contributed by atoms with Gasteiger partial charge < -0.3 is 10.3 Å². The van der Waals surface area contributed by atoms with E-state index in [1.807, 2.05) is 0 Å². The van der Waals surface area contributed by atoms with Crippen LogP contribution in [0.25, 0.3) is 10.9 Å². The summed E-state index contributed by atoms with van der Waals surface area (Å²) in [6, 6.07) is 4.53. The number of aromatic amines is 2. The topological polar surface area (TPSA) is 90.6 Å². The first-order valence-electron chi connectivity index (χ1n) is 7.57. The molecule has 0 bridgehead atoms. The van der Waals surface area contributed by atoms with Crippen LogP contribution in [0, 0.1) is 19.7 Å². The van der Waals surface area contributed by atoms with Crippen molar-refractivity contribution < 1.29 is 9.18 Å². The van der Waals surface area contributed by atoms with Crippen LogP contribution >= 0.6 is 0 Å². The summed E-state index contributed by atoms with van der Waals surface area (Å²) in [6.45, 7) is 3.75. The molecule has 3 rings (SSSR count). The molecule has 3 aromatic rings. The predicted octanol–water partition coefficient (Wildman–Crippen LogP) is 1.98. The molecule has 7 heteroatoms. The van der Waals surface area contributed by atoms with Gasteiger partial charge in [-0.2, -0.15) is 5.10 Å². The van der Waals surface area contributed by atoms with E-state index in [1.165, 1.54) is 12.1 Å². The molecule has 0 unspecified atom stereocenters. The first kappa shape index (κ1) is 15.9. The van der Waals surface area contributed by atoms with Gasteiger partial charge in [0.1, 0.15) is 11.4 Å². The number of carbonyl (C=O) groups is 1. The van der Waals surface area contributed by atoms with Crippen molar-refractivity contribution >= 4 is 16.8 Å². The first-order chi connectivity index (χ1) is 11.5. The highest BCUT2D eigenvalue weighted by molar-refractivity contribution is 5.95. The molecule has 24 heavy (non-hydrogen) atoms. The largest absolute Gasteiger partial charge is 0.361 e. The van der Waals surface area contributed by atoms with Gasteiger partial charge in [0.25, 0.3) is 11.5 Å². The Labute approximate surface area is 137 Å². The van der Waals surface area contributed by atoms with Crippen LogP contribution in [0.3, 0.4) is 0 Å². The Balaban J connectivity index is 1.72. The zero-order valence-electron chi connectivity index (χ0n) is 13.4. The minimum atomic E-state index is -0.509. The van der Waals surface area contributed by atoms with E-state index in [1.54, 1.807) is 26.1 Å². The number of nitrogens with zero attached hydrogens (tertiary/aromatic N) is 1. The van der Waals surface area contributed by atoms with Gasteiger partial charge in [-0.25, -0.2) is 9.49 Å². The van der Waals surface area contributed by atoms with E-state index >= 15 is 0 Å². The van der Waals surface area contributed by atoms with E-state index in [-0.39, 0.29) is 11.4 Å². The molecular weight excluding hydrogens is 311 g/mol. The maximum absolute atomic E-state index is 13.4. The number of fused-ring (bicyclic) bond motifs is 1. The van der Waals surface area contributed by atoms with Crippen molar-refractivity contribution in [2.75, 3.05) is 6.54 Å². The number of nitrogens with one attached hydrogen (secondary N) is 3. The molecule has 2 heterocycles. The molecule has 2 aromatic heterocycles. The molecule has 0 radical (unpaired) electrons. The highest BCUT2D eigenvalue weighted by Gasteiger charge is 2.16. The number of hydrogen-bond donors (Lipinski definition) is 3. The summed E-state index contributed by atoms with van der Waals surface area (Å²) < 4.78 is 13.4. The molecule has 3 N–H and O–H groups in total. The number of benzene rings is 1. The molecule has 1 aromatic carbocycles. The van der Waals surface area contributed by atoms with Gasteiger partial charge in [-0.05, 0) is 49.6 Å². The van der Waals surface area contributed by atoms with Crippen molar-refractivity contribution in [2.24, 2.45) is 0 Å². The van der Waals surface area contributed by atoms with E-state index in [9.17, 15) is 14.0 Å². The van der Waals surface area contributed by atoms with Gasteiger partial charge in [0.05, 0.1) is 5.69 Å². The molecule has 0 aliphatic carbocycles. The molecule has 0 atom stereocenters. The van der Waals surface area contributed by atoms with Crippen LogP contribution in [-0.2, 0) is 6.42 Å². The molecule has 0 saturated carbocycles. The summed E-state index contributed by atoms with van der Waals surface area (Å²) in [6.07, 6.45) is 2.32. The van der Waals surface area contributed by atoms with Gasteiger partial charge in [0.2, 0.25) is 0 Å². The molecular formula is C17H17FN4O2. The second-order valence-electron chi connectivity index (χ2n) is 5.65. The lowest BCUT2D eigenvalue weighted by molar-refractivity contribution is 0.0951. The smallest absolute Gasteiger partial charge is 0.277 e. The Kier molecular flexibility index (Phi) is 4.16. The average molecular weight is 328 g/mol. The highest BCUT2D eigenvalue weighted by atomic mass is 19.1. The third-order valence-electron chi connectivity index (χ3n) is 4.11. The van der Waals surface area contributed by atoms with Gasteiger partial charge in [0.15, 0.2) is 0 Å². The Bertz CT molecular complexity index is 974. The van der Waals surface area contributed by atoms with Gasteiger partial charge in [-0.3, -0.25) is 9.59 Å². The molecule has 0 aliphatic heterocycles. The van der Waals surface area contributed by atoms with Crippen molar-refractivity contribution in [1.29, 1.82) is 0 Å². The summed E-state index contributed by atoms with van der Waals surface area (Å²) in [5, 5.41) is 9.66. The standard InChI is InChI=1S/C17H17FN4O2/c1-9-10(2)21-22-17(24)15(9)16(23)19-6-5-11-8-20-14-4-3-12(18)7-13(11)14/h3-4,7-8,20H,5-6H2,1-2H3,(H,19,23)(H,22,24). The number of aryl methyl sites for hydroxylation is 1. The lowest BCUT2D eigenvalue weighted by Crippen LogP contribution is -2.33. The number of amides is 1. The van der Waals surface area contributed by atoms with E-state index in [2.05, 4.69) is 20.5 Å². The number of aromatic nitrogens is 3. The Morgan fingerprint density at radius 3 is 2.92 bits per heavy atom. The van der Waals surface area contributed by atoms with Crippen molar-refractivity contribution in [2.45, 2.75) is 20.3 Å². The van der Waals surface area contributed by atoms with E-state index < -0.39 is 11.5 Å². The zero-order valence-corrected chi connectivity index (χ0v) is 13.4. The molecule has 6 nitrogen and oxygen atoms in total. The van der Waals surface area contributed by atoms with Crippen molar-refractivity contribution in [1.82, 2.24) is 20.5 Å². The highest BCUT2D eigenvalue weighted by Crippen LogP contribution is 2.19. The fraction of sp³-hybridized carbons (Fsp3) is 0.235. The lowest BCUT2D eigenvalue weighted by atomic mass is 10.1. The normalized spacial score (nSPS) is 11.0. The van der Waals surface area contributed by atoms with E-state index in [0.29, 0.717) is 24.2 Å². The molecule has 1 amide bonds. The van der Waals surface area contributed by atoms with Gasteiger partial charge >= 0.3 is 0 Å². The van der Waals surface area contributed by atoms with Crippen molar-refractivity contribution in [3.63, 3.8) is 0 Å². The van der Waals surface area contributed by atoms with Gasteiger partial charge in [-0.15, -0.1) is 0 Å². The van der Waals surface area contributed by atoms with Gasteiger partial charge in [0, 0.05) is 23.6 Å². The number of carbonyl (C=O) groups excluding carboxylic acids is 1. The summed E-state index contributed by atoms with van der Waals surface area (Å²) in [5.41, 5.74) is 2.48. The van der Waals surface area contributed by atoms with Crippen molar-refractivity contribution in [3.8, 4) is 0 Å². The Hall–Kier alpha value is -2.96. The third-order valence-corrected chi connectivity index (χ3v) is 4.11. The van der Waals surface area contributed by atoms with Gasteiger partial charge in [-0.1, -0.05) is 0 Å². The number of halogens is 1. The summed E-state index contributed by atoms with van der Waals surface area (Å²) >= 11 is 0. The van der Waals surface area contributed by atoms with Crippen LogP contribution in [0.1, 0.15) is 27.2 Å². The monoisotopic (exact) mass is 328 g/mol. The molecule has 0 saturated heterocycles. The minimum Gasteiger partial charge on any atom is -0.361 e. The molecule has 124 valence electrons. The quantitative estimate of drug-likeness (QED) is 0.684. The summed E-state index contributed by atoms with van der Waals surface area (Å²) in [5.74, 6) is -0.743. The Morgan fingerprint density at radius 2 is 2.12 bits per heavy atom. The van der Waals surface area contributed by atoms with Crippen LogP contribution in [-0.4, -0.2) is 27.6 Å². The van der Waals surface area contributed by atoms with Crippen LogP contribution in [0.2, 0.25) is 0 Å². The maximum Gasteiger partial charge on any atom is 0.277 e. The van der Waals surface area contributed by atoms with Crippen molar-refractivity contribution in [3.05, 3.63) is 63.0 Å². The second kappa shape index (κ2) is 6.27. The number of rotatable bonds is 4. The first-order valence-corrected chi connectivity index (χ1v) is 7.57. The van der Waals surface area contributed by atoms with E-state index in [4.69, 9.17) is 0 Å². The molecule has 0 spiro atoms. The van der Waals surface area contributed by atoms with Crippen LogP contribution in [0.15, 0.2) is 29.2 Å². The summed E-state index contributed by atoms with van der Waals surface area (Å²) in [4.78, 5) is 27.1. The molecule has 0 fully saturated rings.